The molecule has 4 heteroatoms. The third-order valence-corrected chi connectivity index (χ3v) is 5.12. The lowest BCUT2D eigenvalue weighted by atomic mass is 9.90. The fourth-order valence-corrected chi connectivity index (χ4v) is 3.50. The highest BCUT2D eigenvalue weighted by Crippen LogP contribution is 2.30. The molecule has 0 amide bonds. The van der Waals surface area contributed by atoms with Crippen LogP contribution in [0.25, 0.3) is 0 Å². The van der Waals surface area contributed by atoms with E-state index in [-0.39, 0.29) is 12.6 Å². The molecule has 1 aromatic rings. The van der Waals surface area contributed by atoms with Crippen LogP contribution in [0.3, 0.4) is 0 Å². The predicted molar refractivity (Wildman–Crippen MR) is 110 cm³/mol. The summed E-state index contributed by atoms with van der Waals surface area (Å²) >= 11 is 0. The van der Waals surface area contributed by atoms with E-state index in [4.69, 9.17) is 9.47 Å². The zero-order valence-electron chi connectivity index (χ0n) is 17.2. The van der Waals surface area contributed by atoms with Crippen molar-refractivity contribution >= 4 is 5.97 Å². The second kappa shape index (κ2) is 11.3. The molecule has 27 heavy (non-hydrogen) atoms. The van der Waals surface area contributed by atoms with Crippen LogP contribution in [0.5, 0.6) is 0 Å². The topological polar surface area (TPSA) is 38.8 Å². The first-order valence-electron chi connectivity index (χ1n) is 10.2. The van der Waals surface area contributed by atoms with E-state index in [1.54, 1.807) is 0 Å². The van der Waals surface area contributed by atoms with Gasteiger partial charge < -0.3 is 14.4 Å². The first-order chi connectivity index (χ1) is 13.0. The molecule has 0 N–H and O–H groups in total. The van der Waals surface area contributed by atoms with Crippen molar-refractivity contribution in [3.63, 3.8) is 0 Å². The lowest BCUT2D eigenvalue weighted by Crippen LogP contribution is -2.24. The molecule has 1 aliphatic heterocycles. The number of nitrogens with zero attached hydrogens (tertiary/aromatic N) is 1. The number of carbonyl (C=O) groups is 1. The van der Waals surface area contributed by atoms with E-state index in [0.717, 1.165) is 18.6 Å². The van der Waals surface area contributed by atoms with Gasteiger partial charge in [-0.05, 0) is 44.5 Å². The zero-order valence-corrected chi connectivity index (χ0v) is 17.2. The van der Waals surface area contributed by atoms with Gasteiger partial charge in [0.1, 0.15) is 6.61 Å². The van der Waals surface area contributed by atoms with Crippen molar-refractivity contribution in [2.45, 2.75) is 64.1 Å². The summed E-state index contributed by atoms with van der Waals surface area (Å²) in [6.07, 6.45) is 7.83. The van der Waals surface area contributed by atoms with Crippen molar-refractivity contribution < 1.29 is 14.3 Å². The summed E-state index contributed by atoms with van der Waals surface area (Å²) in [6, 6.07) is 8.38. The molecule has 0 radical (unpaired) electrons. The molecule has 150 valence electrons. The number of ether oxygens (including phenoxy) is 2. The van der Waals surface area contributed by atoms with Gasteiger partial charge in [0, 0.05) is 18.0 Å². The molecule has 2 atom stereocenters. The average molecular weight is 374 g/mol. The van der Waals surface area contributed by atoms with Crippen molar-refractivity contribution in [1.29, 1.82) is 0 Å². The summed E-state index contributed by atoms with van der Waals surface area (Å²) in [6.45, 7) is 7.63. The number of likely N-dealkylation sites (N-methyl/N-ethyl adjacent to an activating group) is 1. The highest BCUT2D eigenvalue weighted by Gasteiger charge is 2.22. The Morgan fingerprint density at radius 2 is 1.96 bits per heavy atom. The van der Waals surface area contributed by atoms with Crippen LogP contribution < -0.4 is 0 Å². The molecular weight excluding hydrogens is 338 g/mol. The van der Waals surface area contributed by atoms with Crippen molar-refractivity contribution in [3.8, 4) is 0 Å². The van der Waals surface area contributed by atoms with Crippen LogP contribution in [-0.2, 0) is 20.9 Å². The Labute approximate surface area is 164 Å². The molecule has 0 spiro atoms. The Morgan fingerprint density at radius 3 is 2.56 bits per heavy atom. The van der Waals surface area contributed by atoms with Crippen LogP contribution in [0.15, 0.2) is 36.4 Å². The van der Waals surface area contributed by atoms with Gasteiger partial charge in [-0.1, -0.05) is 57.0 Å². The number of carbonyl (C=O) groups excluding carboxylic acids is 1. The van der Waals surface area contributed by atoms with E-state index in [2.05, 4.69) is 25.6 Å². The largest absolute Gasteiger partial charge is 0.457 e. The fraction of sp³-hybridized carbons (Fsp3) is 0.609. The van der Waals surface area contributed by atoms with E-state index in [1.807, 2.05) is 31.1 Å². The highest BCUT2D eigenvalue weighted by atomic mass is 16.5. The number of esters is 1. The third-order valence-electron chi connectivity index (χ3n) is 5.12. The van der Waals surface area contributed by atoms with E-state index in [9.17, 15) is 4.79 Å². The summed E-state index contributed by atoms with van der Waals surface area (Å²) in [4.78, 5) is 13.8. The summed E-state index contributed by atoms with van der Waals surface area (Å²) < 4.78 is 11.4. The van der Waals surface area contributed by atoms with Crippen LogP contribution in [0.1, 0.15) is 62.5 Å². The van der Waals surface area contributed by atoms with Gasteiger partial charge in [0.15, 0.2) is 0 Å². The maximum absolute atomic E-state index is 11.9. The first-order valence-corrected chi connectivity index (χ1v) is 10.2. The number of hydrogen-bond donors (Lipinski definition) is 0. The van der Waals surface area contributed by atoms with E-state index < -0.39 is 0 Å². The number of hydrogen-bond acceptors (Lipinski definition) is 4. The van der Waals surface area contributed by atoms with Crippen molar-refractivity contribution in [2.75, 3.05) is 27.2 Å². The summed E-state index contributed by atoms with van der Waals surface area (Å²) in [5.41, 5.74) is 2.79. The molecule has 1 saturated heterocycles. The molecule has 0 aliphatic carbocycles. The van der Waals surface area contributed by atoms with Gasteiger partial charge in [0.25, 0.3) is 0 Å². The minimum Gasteiger partial charge on any atom is -0.457 e. The number of rotatable bonds is 10. The van der Waals surface area contributed by atoms with Gasteiger partial charge in [-0.3, -0.25) is 0 Å². The average Bonchev–Trinajstić information content (AvgIpc) is 2.67. The molecule has 1 aliphatic rings. The monoisotopic (exact) mass is 373 g/mol. The van der Waals surface area contributed by atoms with Crippen LogP contribution in [0.4, 0.5) is 0 Å². The van der Waals surface area contributed by atoms with Crippen LogP contribution in [-0.4, -0.2) is 44.2 Å². The molecule has 2 unspecified atom stereocenters. The first kappa shape index (κ1) is 21.6. The van der Waals surface area contributed by atoms with Gasteiger partial charge in [-0.25, -0.2) is 4.79 Å². The lowest BCUT2D eigenvalue weighted by Gasteiger charge is -2.29. The molecule has 1 aromatic carbocycles. The van der Waals surface area contributed by atoms with E-state index in [1.165, 1.54) is 37.7 Å². The normalized spacial score (nSPS) is 19.9. The van der Waals surface area contributed by atoms with Gasteiger partial charge in [0.2, 0.25) is 0 Å². The molecule has 4 nitrogen and oxygen atoms in total. The SMILES string of the molecule is C=C(CN(C)C)C(=O)OCc1ccc(C2CCC(CCCCC)OC2)cc1. The molecule has 0 aromatic heterocycles. The summed E-state index contributed by atoms with van der Waals surface area (Å²) in [5, 5.41) is 0. The van der Waals surface area contributed by atoms with Gasteiger partial charge in [0.05, 0.1) is 12.7 Å². The zero-order chi connectivity index (χ0) is 19.6. The summed E-state index contributed by atoms with van der Waals surface area (Å²) in [5.74, 6) is 0.145. The third kappa shape index (κ3) is 7.47. The quantitative estimate of drug-likeness (QED) is 0.339. The van der Waals surface area contributed by atoms with Gasteiger partial charge >= 0.3 is 5.97 Å². The standard InChI is InChI=1S/C23H35NO3/c1-5-6-7-8-22-14-13-21(17-26-22)20-11-9-19(10-12-20)16-27-23(25)18(2)15-24(3)4/h9-12,21-22H,2,5-8,13-17H2,1,3-4H3. The minimum absolute atomic E-state index is 0.284. The van der Waals surface area contributed by atoms with E-state index in [0.29, 0.717) is 24.1 Å². The molecular formula is C23H35NO3. The minimum atomic E-state index is -0.331. The maximum atomic E-state index is 11.9. The Bertz CT molecular complexity index is 586. The molecule has 0 saturated carbocycles. The molecule has 0 bridgehead atoms. The fourth-order valence-electron chi connectivity index (χ4n) is 3.50. The van der Waals surface area contributed by atoms with Gasteiger partial charge in [-0.15, -0.1) is 0 Å². The van der Waals surface area contributed by atoms with Crippen LogP contribution in [0, 0.1) is 0 Å². The second-order valence-electron chi connectivity index (χ2n) is 7.88. The number of benzene rings is 1. The Balaban J connectivity index is 1.75. The molecule has 1 heterocycles. The van der Waals surface area contributed by atoms with E-state index >= 15 is 0 Å². The lowest BCUT2D eigenvalue weighted by molar-refractivity contribution is -0.140. The Kier molecular flexibility index (Phi) is 9.02. The summed E-state index contributed by atoms with van der Waals surface area (Å²) in [7, 11) is 3.80. The van der Waals surface area contributed by atoms with Crippen molar-refractivity contribution in [2.24, 2.45) is 0 Å². The highest BCUT2D eigenvalue weighted by molar-refractivity contribution is 5.88. The predicted octanol–water partition coefficient (Wildman–Crippen LogP) is 4.69. The van der Waals surface area contributed by atoms with Crippen LogP contribution >= 0.6 is 0 Å². The molecule has 1 fully saturated rings. The Hall–Kier alpha value is -1.65. The van der Waals surface area contributed by atoms with Gasteiger partial charge in [-0.2, -0.15) is 0 Å². The molecule has 2 rings (SSSR count). The number of unbranched alkanes of at least 4 members (excludes halogenated alkanes) is 2. The smallest absolute Gasteiger partial charge is 0.335 e. The maximum Gasteiger partial charge on any atom is 0.335 e. The Morgan fingerprint density at radius 1 is 1.22 bits per heavy atom. The van der Waals surface area contributed by atoms with Crippen molar-refractivity contribution in [3.05, 3.63) is 47.5 Å². The van der Waals surface area contributed by atoms with Crippen molar-refractivity contribution in [1.82, 2.24) is 4.90 Å². The second-order valence-corrected chi connectivity index (χ2v) is 7.88. The van der Waals surface area contributed by atoms with Crippen LogP contribution in [0.2, 0.25) is 0 Å².